The normalized spacial score (nSPS) is 18.1. The van der Waals surface area contributed by atoms with Crippen LogP contribution in [0.4, 0.5) is 0 Å². The molecule has 21 heavy (non-hydrogen) atoms. The van der Waals surface area contributed by atoms with Gasteiger partial charge in [-0.2, -0.15) is 12.0 Å². The van der Waals surface area contributed by atoms with Crippen LogP contribution >= 0.6 is 0 Å². The molecule has 0 saturated heterocycles. The molecule has 0 heterocycles. The third kappa shape index (κ3) is 29.3. The second-order valence-electron chi connectivity index (χ2n) is 3.58. The van der Waals surface area contributed by atoms with E-state index in [1.54, 1.807) is 6.92 Å². The van der Waals surface area contributed by atoms with Crippen LogP contribution in [0.25, 0.3) is 5.73 Å². The predicted octanol–water partition coefficient (Wildman–Crippen LogP) is 1.21. The molecule has 0 unspecified atom stereocenters. The molecule has 0 spiro atoms. The average Bonchev–Trinajstić information content (AvgIpc) is 2.24. The molecule has 0 aromatic rings. The first-order chi connectivity index (χ1) is 7.86. The van der Waals surface area contributed by atoms with Gasteiger partial charge in [-0.3, -0.25) is 0 Å². The van der Waals surface area contributed by atoms with Crippen molar-refractivity contribution in [3.05, 3.63) is 20.1 Å². The third-order valence-electron chi connectivity index (χ3n) is 2.09. The third-order valence-corrected chi connectivity index (χ3v) is 2.09. The van der Waals surface area contributed by atoms with Crippen LogP contribution in [0.1, 0.15) is 32.6 Å². The minimum Gasteiger partial charge on any atom is -0.677 e. The topological polar surface area (TPSA) is 150 Å². The number of carboxylic acids is 2. The van der Waals surface area contributed by atoms with E-state index in [1.165, 1.54) is 19.3 Å². The van der Waals surface area contributed by atoms with Crippen LogP contribution in [0.15, 0.2) is 0 Å². The first kappa shape index (κ1) is 37.7. The molecule has 1 saturated carbocycles. The Balaban J connectivity index is -0.0000000397. The van der Waals surface area contributed by atoms with E-state index in [4.69, 9.17) is 30.6 Å². The van der Waals surface area contributed by atoms with Gasteiger partial charge >= 0.3 is 33.0 Å². The number of hydrogen-bond acceptors (Lipinski definition) is 3. The molecule has 0 aromatic carbocycles. The van der Waals surface area contributed by atoms with Gasteiger partial charge < -0.3 is 40.9 Å². The Hall–Kier alpha value is 0.612. The summed E-state index contributed by atoms with van der Waals surface area (Å²) in [5.41, 5.74) is 7.42. The van der Waals surface area contributed by atoms with Crippen LogP contribution in [0.2, 0.25) is 0 Å². The van der Waals surface area contributed by atoms with Crippen molar-refractivity contribution in [1.29, 1.82) is 0 Å². The number of hydrogen-bond donors (Lipinski definition) is 3. The number of aliphatic carboxylic acids is 2. The van der Waals surface area contributed by atoms with Gasteiger partial charge in [0.05, 0.1) is 0 Å². The maximum Gasteiger partial charge on any atom is 2.00 e. The minimum absolute atomic E-state index is 0. The van der Waals surface area contributed by atoms with Crippen LogP contribution in [0.5, 0.6) is 0 Å². The zero-order chi connectivity index (χ0) is 13.8. The summed E-state index contributed by atoms with van der Waals surface area (Å²) in [6.45, 7) is 5.82. The summed E-state index contributed by atoms with van der Waals surface area (Å²) < 4.78 is 0. The number of nitrogens with one attached hydrogen (secondary N) is 1. The Bertz CT molecular complexity index is 212. The quantitative estimate of drug-likeness (QED) is 0.299. The van der Waals surface area contributed by atoms with Gasteiger partial charge in [0.1, 0.15) is 0 Å². The molecule has 129 valence electrons. The van der Waals surface area contributed by atoms with Gasteiger partial charge in [0, 0.05) is 39.3 Å². The number of carboxylic acid groups (broad SMARTS) is 2. The maximum absolute atomic E-state index is 9.10. The molecule has 1 radical (unpaired) electrons. The van der Waals surface area contributed by atoms with Crippen LogP contribution in [0.3, 0.4) is 0 Å². The van der Waals surface area contributed by atoms with Gasteiger partial charge in [0.25, 0.3) is 0 Å². The van der Waals surface area contributed by atoms with Crippen molar-refractivity contribution < 1.29 is 84.2 Å². The molecule has 0 aliphatic heterocycles. The summed E-state index contributed by atoms with van der Waals surface area (Å²) in [5, 5.41) is 22.4. The van der Waals surface area contributed by atoms with Crippen molar-refractivity contribution in [3.8, 4) is 0 Å². The fraction of sp³-hybridized carbons (Fsp3) is 0.667. The molecular formula is C12H26NO6PtY-. The second-order valence-corrected chi connectivity index (χ2v) is 3.58. The molecule has 0 amide bonds. The smallest absolute Gasteiger partial charge is 0.677 e. The maximum atomic E-state index is 9.10. The van der Waals surface area contributed by atoms with Crippen molar-refractivity contribution >= 4 is 11.9 Å². The predicted molar refractivity (Wildman–Crippen MR) is 73.5 cm³/mol. The molecule has 0 aromatic heterocycles. The van der Waals surface area contributed by atoms with Crippen LogP contribution in [-0.4, -0.2) is 45.4 Å². The number of rotatable bonds is 0. The molecule has 2 atom stereocenters. The number of aliphatic hydroxyl groups is 1. The Morgan fingerprint density at radius 3 is 1.62 bits per heavy atom. The first-order valence-electron chi connectivity index (χ1n) is 5.48. The largest absolute Gasteiger partial charge is 2.00 e. The molecule has 0 bridgehead atoms. The fourth-order valence-corrected chi connectivity index (χ4v) is 1.21. The summed E-state index contributed by atoms with van der Waals surface area (Å²) >= 11 is 0. The van der Waals surface area contributed by atoms with E-state index in [0.29, 0.717) is 5.92 Å². The van der Waals surface area contributed by atoms with Crippen LogP contribution in [0, 0.1) is 20.3 Å². The summed E-state index contributed by atoms with van der Waals surface area (Å²) in [7, 11) is 0. The van der Waals surface area contributed by atoms with E-state index in [9.17, 15) is 0 Å². The van der Waals surface area contributed by atoms with Crippen LogP contribution in [-0.2, 0) is 63.4 Å². The molecule has 7 nitrogen and oxygen atoms in total. The van der Waals surface area contributed by atoms with Gasteiger partial charge in [-0.1, -0.05) is 25.7 Å². The molecule has 6 N–H and O–H groups in total. The summed E-state index contributed by atoms with van der Waals surface area (Å²) in [4.78, 5) is 18.2. The van der Waals surface area contributed by atoms with E-state index in [2.05, 4.69) is 6.92 Å². The summed E-state index contributed by atoms with van der Waals surface area (Å²) in [6.07, 6.45) is 4.80. The van der Waals surface area contributed by atoms with Crippen molar-refractivity contribution in [1.82, 2.24) is 0 Å². The Labute approximate surface area is 166 Å². The molecule has 1 aliphatic carbocycles. The fourth-order valence-electron chi connectivity index (χ4n) is 1.21. The molecule has 1 aliphatic rings. The van der Waals surface area contributed by atoms with E-state index in [-0.39, 0.29) is 79.3 Å². The number of aliphatic hydroxyl groups excluding tert-OH is 1. The summed E-state index contributed by atoms with van der Waals surface area (Å²) in [5.74, 6) is -3.23. The van der Waals surface area contributed by atoms with E-state index in [0.717, 1.165) is 6.42 Å². The molecule has 1 rings (SSSR count). The monoisotopic (exact) mass is 564 g/mol. The Kier molecular flexibility index (Phi) is 45.9. The van der Waals surface area contributed by atoms with Gasteiger partial charge in [0.15, 0.2) is 0 Å². The van der Waals surface area contributed by atoms with Gasteiger partial charge in [-0.25, -0.2) is 9.59 Å². The average molecular weight is 564 g/mol. The van der Waals surface area contributed by atoms with Crippen molar-refractivity contribution in [2.75, 3.05) is 6.61 Å². The number of carbonyl (C=O) groups is 2. The van der Waals surface area contributed by atoms with E-state index >= 15 is 0 Å². The van der Waals surface area contributed by atoms with Crippen LogP contribution < -0.4 is 0 Å². The van der Waals surface area contributed by atoms with Gasteiger partial charge in [-0.05, 0) is 6.92 Å². The summed E-state index contributed by atoms with van der Waals surface area (Å²) in [6, 6.07) is 0.142. The second kappa shape index (κ2) is 25.6. The van der Waals surface area contributed by atoms with Gasteiger partial charge in [0.2, 0.25) is 0 Å². The zero-order valence-corrected chi connectivity index (χ0v) is 17.6. The minimum atomic E-state index is -1.82. The molecule has 1 fully saturated rings. The Morgan fingerprint density at radius 2 is 1.48 bits per heavy atom. The van der Waals surface area contributed by atoms with Gasteiger partial charge in [-0.15, -0.1) is 0 Å². The van der Waals surface area contributed by atoms with E-state index in [1.807, 2.05) is 0 Å². The van der Waals surface area contributed by atoms with E-state index < -0.39 is 11.9 Å². The Morgan fingerprint density at radius 1 is 1.19 bits per heavy atom. The SMILES string of the molecule is CCO.O.O=C(O)C(=O)O.[CH2-][C@@H]1CCCC[C@H]1[NH-].[CH3-].[Pt+2].[Y]. The standard InChI is InChI=1S/C7H13N.C2H2O4.C2H6O.CH3.H2O.Pt.Y/c1-6-4-2-3-5-7(6)8;3-1(4)2(5)6;1-2-3;;;;/h6-8H,1-5H2;(H,3,4)(H,5,6);3H,2H2,1H3;1H3;1H2;;/q-2;;;-1;;+2;/t6-,7-;;;;;;/m1....../s1. The molecular weight excluding hydrogens is 538 g/mol. The molecule has 9 heteroatoms. The van der Waals surface area contributed by atoms with Crippen molar-refractivity contribution in [2.45, 2.75) is 38.6 Å². The van der Waals surface area contributed by atoms with Crippen molar-refractivity contribution in [2.24, 2.45) is 5.92 Å². The first-order valence-corrected chi connectivity index (χ1v) is 5.48. The van der Waals surface area contributed by atoms with Crippen molar-refractivity contribution in [3.63, 3.8) is 0 Å². The zero-order valence-electron chi connectivity index (χ0n) is 12.4.